The first kappa shape index (κ1) is 9.98. The van der Waals surface area contributed by atoms with E-state index in [-0.39, 0.29) is 6.04 Å². The Morgan fingerprint density at radius 2 is 2.20 bits per heavy atom. The first-order valence-corrected chi connectivity index (χ1v) is 5.01. The number of nitrogens with zero attached hydrogens (tertiary/aromatic N) is 2. The average Bonchev–Trinajstić information content (AvgIpc) is 2.70. The van der Waals surface area contributed by atoms with E-state index in [4.69, 9.17) is 10.2 Å². The molecule has 0 fully saturated rings. The fraction of sp³-hybridized carbons (Fsp3) is 0.364. The topological polar surface area (TPSA) is 55.3 Å². The Morgan fingerprint density at radius 3 is 2.87 bits per heavy atom. The van der Waals surface area contributed by atoms with Crippen molar-refractivity contribution in [3.63, 3.8) is 0 Å². The Balaban J connectivity index is 2.36. The molecule has 15 heavy (non-hydrogen) atoms. The normalized spacial score (nSPS) is 13.0. The summed E-state index contributed by atoms with van der Waals surface area (Å²) in [6.07, 6.45) is 0. The Bertz CT molecular complexity index is 419. The number of hydrogen-bond donors (Lipinski definition) is 1. The molecule has 1 aromatic heterocycles. The third-order valence-electron chi connectivity index (χ3n) is 2.59. The van der Waals surface area contributed by atoms with Crippen LogP contribution in [0.4, 0.5) is 6.01 Å². The highest BCUT2D eigenvalue weighted by Gasteiger charge is 2.14. The van der Waals surface area contributed by atoms with Crippen molar-refractivity contribution < 1.29 is 4.42 Å². The molecular weight excluding hydrogens is 190 g/mol. The molecule has 4 nitrogen and oxygen atoms in total. The molecule has 0 aliphatic rings. The summed E-state index contributed by atoms with van der Waals surface area (Å²) in [6, 6.07) is 8.56. The Morgan fingerprint density at radius 1 is 1.47 bits per heavy atom. The van der Waals surface area contributed by atoms with Gasteiger partial charge in [-0.05, 0) is 19.1 Å². The molecule has 2 aromatic rings. The van der Waals surface area contributed by atoms with Gasteiger partial charge >= 0.3 is 0 Å². The van der Waals surface area contributed by atoms with Crippen molar-refractivity contribution in [3.05, 3.63) is 24.3 Å². The molecule has 1 unspecified atom stereocenters. The lowest BCUT2D eigenvalue weighted by atomic mass is 10.3. The van der Waals surface area contributed by atoms with Gasteiger partial charge in [0.15, 0.2) is 5.58 Å². The first-order chi connectivity index (χ1) is 7.22. The third kappa shape index (κ3) is 1.80. The molecule has 2 N–H and O–H groups in total. The minimum absolute atomic E-state index is 0.220. The average molecular weight is 205 g/mol. The standard InChI is InChI=1S/C11H15N3O/c1-8(7-12)14(2)11-13-9-5-3-4-6-10(9)15-11/h3-6,8H,7,12H2,1-2H3. The summed E-state index contributed by atoms with van der Waals surface area (Å²) < 4.78 is 5.61. The number of rotatable bonds is 3. The lowest BCUT2D eigenvalue weighted by Crippen LogP contribution is -2.35. The van der Waals surface area contributed by atoms with Gasteiger partial charge in [0, 0.05) is 19.6 Å². The lowest BCUT2D eigenvalue weighted by molar-refractivity contribution is 0.551. The zero-order chi connectivity index (χ0) is 10.8. The largest absolute Gasteiger partial charge is 0.423 e. The van der Waals surface area contributed by atoms with E-state index in [0.29, 0.717) is 12.6 Å². The zero-order valence-electron chi connectivity index (χ0n) is 8.97. The van der Waals surface area contributed by atoms with Crippen LogP contribution in [0.1, 0.15) is 6.92 Å². The van der Waals surface area contributed by atoms with Crippen molar-refractivity contribution in [2.24, 2.45) is 5.73 Å². The molecular formula is C11H15N3O. The van der Waals surface area contributed by atoms with E-state index in [0.717, 1.165) is 11.1 Å². The van der Waals surface area contributed by atoms with Crippen molar-refractivity contribution in [3.8, 4) is 0 Å². The van der Waals surface area contributed by atoms with E-state index in [2.05, 4.69) is 4.98 Å². The van der Waals surface area contributed by atoms with Crippen molar-refractivity contribution in [2.45, 2.75) is 13.0 Å². The predicted molar refractivity (Wildman–Crippen MR) is 60.9 cm³/mol. The van der Waals surface area contributed by atoms with Crippen molar-refractivity contribution in [2.75, 3.05) is 18.5 Å². The van der Waals surface area contributed by atoms with Crippen LogP contribution in [0.3, 0.4) is 0 Å². The van der Waals surface area contributed by atoms with Crippen LogP contribution in [0.25, 0.3) is 11.1 Å². The Labute approximate surface area is 88.7 Å². The summed E-state index contributed by atoms with van der Waals surface area (Å²) in [7, 11) is 1.93. The number of likely N-dealkylation sites (N-methyl/N-ethyl adjacent to an activating group) is 1. The number of hydrogen-bond acceptors (Lipinski definition) is 4. The van der Waals surface area contributed by atoms with Crippen LogP contribution in [-0.2, 0) is 0 Å². The molecule has 2 rings (SSSR count). The van der Waals surface area contributed by atoms with Crippen LogP contribution < -0.4 is 10.6 Å². The van der Waals surface area contributed by atoms with Gasteiger partial charge in [0.1, 0.15) is 5.52 Å². The summed E-state index contributed by atoms with van der Waals surface area (Å²) in [5.74, 6) is 0. The van der Waals surface area contributed by atoms with Gasteiger partial charge in [-0.2, -0.15) is 4.98 Å². The second-order valence-electron chi connectivity index (χ2n) is 3.66. The van der Waals surface area contributed by atoms with Gasteiger partial charge in [0.25, 0.3) is 6.01 Å². The molecule has 0 saturated heterocycles. The molecule has 1 heterocycles. The fourth-order valence-corrected chi connectivity index (χ4v) is 1.36. The Kier molecular flexibility index (Phi) is 2.60. The molecule has 0 aliphatic carbocycles. The van der Waals surface area contributed by atoms with E-state index in [1.807, 2.05) is 43.1 Å². The summed E-state index contributed by atoms with van der Waals surface area (Å²) in [6.45, 7) is 2.62. The van der Waals surface area contributed by atoms with Gasteiger partial charge in [-0.15, -0.1) is 0 Å². The number of para-hydroxylation sites is 2. The molecule has 0 bridgehead atoms. The highest BCUT2D eigenvalue weighted by molar-refractivity contribution is 5.74. The number of aromatic nitrogens is 1. The number of fused-ring (bicyclic) bond motifs is 1. The van der Waals surface area contributed by atoms with Gasteiger partial charge in [0.05, 0.1) is 0 Å². The van der Waals surface area contributed by atoms with Gasteiger partial charge in [-0.1, -0.05) is 12.1 Å². The lowest BCUT2D eigenvalue weighted by Gasteiger charge is -2.20. The highest BCUT2D eigenvalue weighted by atomic mass is 16.4. The highest BCUT2D eigenvalue weighted by Crippen LogP contribution is 2.21. The van der Waals surface area contributed by atoms with Crippen molar-refractivity contribution in [1.29, 1.82) is 0 Å². The summed E-state index contributed by atoms with van der Waals surface area (Å²) in [5, 5.41) is 0. The van der Waals surface area contributed by atoms with Gasteiger partial charge in [-0.25, -0.2) is 0 Å². The smallest absolute Gasteiger partial charge is 0.298 e. The van der Waals surface area contributed by atoms with Crippen LogP contribution in [0, 0.1) is 0 Å². The number of nitrogens with two attached hydrogens (primary N) is 1. The third-order valence-corrected chi connectivity index (χ3v) is 2.59. The minimum Gasteiger partial charge on any atom is -0.423 e. The quantitative estimate of drug-likeness (QED) is 0.827. The van der Waals surface area contributed by atoms with E-state index < -0.39 is 0 Å². The monoisotopic (exact) mass is 205 g/mol. The summed E-state index contributed by atoms with van der Waals surface area (Å²) >= 11 is 0. The first-order valence-electron chi connectivity index (χ1n) is 5.01. The maximum Gasteiger partial charge on any atom is 0.298 e. The van der Waals surface area contributed by atoms with Gasteiger partial charge in [0.2, 0.25) is 0 Å². The fourth-order valence-electron chi connectivity index (χ4n) is 1.36. The van der Waals surface area contributed by atoms with E-state index in [9.17, 15) is 0 Å². The maximum atomic E-state index is 5.61. The Hall–Kier alpha value is -1.55. The second-order valence-corrected chi connectivity index (χ2v) is 3.66. The van der Waals surface area contributed by atoms with Crippen LogP contribution >= 0.6 is 0 Å². The van der Waals surface area contributed by atoms with Crippen LogP contribution in [0.5, 0.6) is 0 Å². The van der Waals surface area contributed by atoms with Crippen LogP contribution in [-0.4, -0.2) is 24.6 Å². The predicted octanol–water partition coefficient (Wildman–Crippen LogP) is 1.61. The molecule has 80 valence electrons. The van der Waals surface area contributed by atoms with Crippen LogP contribution in [0.2, 0.25) is 0 Å². The molecule has 0 saturated carbocycles. The molecule has 4 heteroatoms. The second kappa shape index (κ2) is 3.90. The van der Waals surface area contributed by atoms with Crippen molar-refractivity contribution in [1.82, 2.24) is 4.98 Å². The molecule has 0 amide bonds. The van der Waals surface area contributed by atoms with Crippen molar-refractivity contribution >= 4 is 17.1 Å². The molecule has 0 aliphatic heterocycles. The summed E-state index contributed by atoms with van der Waals surface area (Å²) in [5.41, 5.74) is 7.28. The van der Waals surface area contributed by atoms with Crippen LogP contribution in [0.15, 0.2) is 28.7 Å². The summed E-state index contributed by atoms with van der Waals surface area (Å²) in [4.78, 5) is 6.33. The number of oxazole rings is 1. The molecule has 1 aromatic carbocycles. The zero-order valence-corrected chi connectivity index (χ0v) is 8.97. The molecule has 0 spiro atoms. The van der Waals surface area contributed by atoms with E-state index in [1.165, 1.54) is 0 Å². The van der Waals surface area contributed by atoms with Gasteiger partial charge < -0.3 is 15.1 Å². The SMILES string of the molecule is CC(CN)N(C)c1nc2ccccc2o1. The number of anilines is 1. The van der Waals surface area contributed by atoms with E-state index >= 15 is 0 Å². The van der Waals surface area contributed by atoms with E-state index in [1.54, 1.807) is 0 Å². The maximum absolute atomic E-state index is 5.61. The number of benzene rings is 1. The molecule has 0 radical (unpaired) electrons. The van der Waals surface area contributed by atoms with Gasteiger partial charge in [-0.3, -0.25) is 0 Å². The molecule has 1 atom stereocenters. The minimum atomic E-state index is 0.220.